The Morgan fingerprint density at radius 2 is 0.514 bits per heavy atom. The number of benzene rings is 7. The van der Waals surface area contributed by atoms with Gasteiger partial charge < -0.3 is 18.9 Å². The van der Waals surface area contributed by atoms with E-state index in [0.717, 1.165) is 12.1 Å². The molecule has 0 aliphatic rings. The summed E-state index contributed by atoms with van der Waals surface area (Å²) in [5, 5.41) is 0. The molecule has 0 saturated carbocycles. The van der Waals surface area contributed by atoms with E-state index in [1.165, 1.54) is 60.7 Å². The number of methoxy groups -OCH3 is 2. The molecule has 0 bridgehead atoms. The van der Waals surface area contributed by atoms with E-state index in [2.05, 4.69) is 9.47 Å². The van der Waals surface area contributed by atoms with Gasteiger partial charge in [0.25, 0.3) is 0 Å². The molecule has 7 aromatic carbocycles. The molecule has 22 heteroatoms. The van der Waals surface area contributed by atoms with Gasteiger partial charge in [-0.1, -0.05) is 112 Å². The van der Waals surface area contributed by atoms with Crippen molar-refractivity contribution < 1.29 is 89.2 Å². The lowest BCUT2D eigenvalue weighted by atomic mass is 9.97. The van der Waals surface area contributed by atoms with Gasteiger partial charge in [-0.15, -0.1) is 0 Å². The predicted octanol–water partition coefficient (Wildman–Crippen LogP) is 17.2. The van der Waals surface area contributed by atoms with Gasteiger partial charge in [-0.05, 0) is 23.3 Å². The van der Waals surface area contributed by atoms with Crippen LogP contribution in [0.25, 0.3) is 22.3 Å². The van der Waals surface area contributed by atoms with Crippen molar-refractivity contribution in [2.24, 2.45) is 0 Å². The molecule has 0 radical (unpaired) electrons. The highest BCUT2D eigenvalue weighted by atomic mass is 32.2. The zero-order valence-electron chi connectivity index (χ0n) is 36.4. The molecule has 0 heterocycles. The quantitative estimate of drug-likeness (QED) is 0.0897. The Kier molecular flexibility index (Phi) is 17.7. The van der Waals surface area contributed by atoms with Crippen LogP contribution in [0.15, 0.2) is 92.4 Å². The minimum absolute atomic E-state index is 0.00605. The average Bonchev–Trinajstić information content (AvgIpc) is 3.38. The van der Waals surface area contributed by atoms with E-state index in [0.29, 0.717) is 14.2 Å². The minimum Gasteiger partial charge on any atom is -0.491 e. The first-order chi connectivity index (χ1) is 33.3. The van der Waals surface area contributed by atoms with Crippen LogP contribution in [0.4, 0.5) is 70.2 Å². The second kappa shape index (κ2) is 22.8. The molecule has 0 aliphatic heterocycles. The number of halogens is 16. The molecule has 0 amide bonds. The molecule has 0 atom stereocenters. The van der Waals surface area contributed by atoms with E-state index in [1.807, 2.05) is 27.7 Å². The minimum atomic E-state index is -2.38. The first-order valence-corrected chi connectivity index (χ1v) is 21.5. The molecule has 0 aromatic heterocycles. The molecule has 4 nitrogen and oxygen atoms in total. The Morgan fingerprint density at radius 1 is 0.300 bits per heavy atom. The Balaban J connectivity index is 0.00000222. The van der Waals surface area contributed by atoms with Gasteiger partial charge in [0.05, 0.1) is 33.8 Å². The van der Waals surface area contributed by atoms with Gasteiger partial charge in [-0.2, -0.15) is 35.1 Å². The Bertz CT molecular complexity index is 2770. The van der Waals surface area contributed by atoms with Crippen LogP contribution < -0.4 is 18.9 Å². The molecule has 70 heavy (non-hydrogen) atoms. The van der Waals surface area contributed by atoms with Gasteiger partial charge in [-0.25, -0.2) is 35.1 Å². The summed E-state index contributed by atoms with van der Waals surface area (Å²) in [6.07, 6.45) is 0. The van der Waals surface area contributed by atoms with E-state index >= 15 is 35.1 Å². The molecule has 0 saturated heterocycles. The Morgan fingerprint density at radius 3 is 0.729 bits per heavy atom. The SMILES string of the molecule is CC.CC.COc1c(F)c(F)c(Sc2c(F)c(F)c(Oc3cc(-c4ccccc4)c(Oc4c(F)c(F)c(Sc5c(F)c(F)c(OC)c(F)c5F)c(F)c4F)cc3-c3ccccc3)c(F)c2F)c(F)c1F. The van der Waals surface area contributed by atoms with Crippen molar-refractivity contribution in [3.05, 3.63) is 166 Å². The third kappa shape index (κ3) is 10.0. The molecule has 0 aliphatic carbocycles. The predicted molar refractivity (Wildman–Crippen MR) is 227 cm³/mol. The maximum absolute atomic E-state index is 15.8. The van der Waals surface area contributed by atoms with Crippen LogP contribution in [-0.4, -0.2) is 14.2 Å². The van der Waals surface area contributed by atoms with Crippen molar-refractivity contribution in [3.8, 4) is 56.8 Å². The van der Waals surface area contributed by atoms with E-state index < -0.39 is 171 Å². The number of rotatable bonds is 12. The Labute approximate surface area is 395 Å². The van der Waals surface area contributed by atoms with Crippen LogP contribution in [0.5, 0.6) is 34.5 Å². The lowest BCUT2D eigenvalue weighted by molar-refractivity contribution is 0.323. The largest absolute Gasteiger partial charge is 0.491 e. The molecule has 370 valence electrons. The second-order valence-electron chi connectivity index (χ2n) is 13.0. The molecule has 0 spiro atoms. The zero-order valence-corrected chi connectivity index (χ0v) is 38.1. The monoisotopic (exact) mass is 1040 g/mol. The van der Waals surface area contributed by atoms with E-state index in [4.69, 9.17) is 9.47 Å². The fourth-order valence-corrected chi connectivity index (χ4v) is 7.94. The van der Waals surface area contributed by atoms with Gasteiger partial charge in [0.2, 0.25) is 58.0 Å². The van der Waals surface area contributed by atoms with Crippen LogP contribution in [0.2, 0.25) is 0 Å². The fraction of sp³-hybridized carbons (Fsp3) is 0.125. The van der Waals surface area contributed by atoms with Crippen LogP contribution >= 0.6 is 23.5 Å². The standard InChI is InChI=1S/C44H18F16O4S2.2C2H6/c1-61-37-21(45)29(53)41(30(54)22(37)46)65-43-33(57)25(49)39(26(50)34(43)58)63-19-13-18(16-11-7-4-8-12-16)20(14-17(19)15-9-5-3-6-10-15)64-40-27(51)35(59)44(36(60)28(40)52)66-42-31(55)23(47)38(62-2)24(48)32(42)56;2*1-2/h3-14H,1-2H3;2*1-2H3. The van der Waals surface area contributed by atoms with Crippen LogP contribution in [0, 0.1) is 93.1 Å². The van der Waals surface area contributed by atoms with E-state index in [9.17, 15) is 35.1 Å². The lowest BCUT2D eigenvalue weighted by Crippen LogP contribution is -2.07. The molecular weight excluding hydrogens is 1010 g/mol. The summed E-state index contributed by atoms with van der Waals surface area (Å²) in [5.74, 6) is -44.8. The van der Waals surface area contributed by atoms with Crippen molar-refractivity contribution in [3.63, 3.8) is 0 Å². The first-order valence-electron chi connectivity index (χ1n) is 19.9. The summed E-state index contributed by atoms with van der Waals surface area (Å²) in [6.45, 7) is 8.00. The zero-order chi connectivity index (χ0) is 52.0. The number of ether oxygens (including phenoxy) is 4. The maximum atomic E-state index is 15.8. The summed E-state index contributed by atoms with van der Waals surface area (Å²) in [5.41, 5.74) is -0.790. The third-order valence-electron chi connectivity index (χ3n) is 9.22. The summed E-state index contributed by atoms with van der Waals surface area (Å²) < 4.78 is 261. The van der Waals surface area contributed by atoms with Crippen molar-refractivity contribution in [1.29, 1.82) is 0 Å². The maximum Gasteiger partial charge on any atom is 0.205 e. The van der Waals surface area contributed by atoms with Crippen LogP contribution in [0.3, 0.4) is 0 Å². The molecule has 0 fully saturated rings. The van der Waals surface area contributed by atoms with Crippen molar-refractivity contribution in [1.82, 2.24) is 0 Å². The van der Waals surface area contributed by atoms with Crippen molar-refractivity contribution in [2.75, 3.05) is 14.2 Å². The van der Waals surface area contributed by atoms with Gasteiger partial charge >= 0.3 is 0 Å². The van der Waals surface area contributed by atoms with Crippen LogP contribution in [0.1, 0.15) is 27.7 Å². The molecule has 7 rings (SSSR count). The number of hydrogen-bond donors (Lipinski definition) is 0. The highest BCUT2D eigenvalue weighted by molar-refractivity contribution is 7.99. The fourth-order valence-electron chi connectivity index (χ4n) is 6.10. The topological polar surface area (TPSA) is 36.9 Å². The average molecular weight is 1040 g/mol. The molecule has 0 unspecified atom stereocenters. The highest BCUT2D eigenvalue weighted by Crippen LogP contribution is 2.49. The van der Waals surface area contributed by atoms with Gasteiger partial charge in [0.15, 0.2) is 58.0 Å². The van der Waals surface area contributed by atoms with E-state index in [-0.39, 0.29) is 22.3 Å². The van der Waals surface area contributed by atoms with Gasteiger partial charge in [0, 0.05) is 11.1 Å². The third-order valence-corrected chi connectivity index (χ3v) is 11.5. The summed E-state index contributed by atoms with van der Waals surface area (Å²) in [4.78, 5) is -7.19. The normalized spacial score (nSPS) is 10.8. The first kappa shape index (κ1) is 54.3. The van der Waals surface area contributed by atoms with E-state index in [1.54, 1.807) is 0 Å². The molecule has 0 N–H and O–H groups in total. The van der Waals surface area contributed by atoms with Gasteiger partial charge in [-0.3, -0.25) is 0 Å². The molecular formula is C48H30F16O4S2. The second-order valence-corrected chi connectivity index (χ2v) is 15.1. The molecule has 7 aromatic rings. The van der Waals surface area contributed by atoms with Gasteiger partial charge in [0.1, 0.15) is 11.5 Å². The van der Waals surface area contributed by atoms with Crippen LogP contribution in [-0.2, 0) is 0 Å². The highest BCUT2D eigenvalue weighted by Gasteiger charge is 2.35. The Hall–Kier alpha value is -6.68. The summed E-state index contributed by atoms with van der Waals surface area (Å²) in [7, 11) is 1.28. The van der Waals surface area contributed by atoms with Crippen molar-refractivity contribution >= 4 is 23.5 Å². The van der Waals surface area contributed by atoms with Crippen molar-refractivity contribution in [2.45, 2.75) is 47.3 Å². The summed E-state index contributed by atoms with van der Waals surface area (Å²) in [6, 6.07) is 15.3. The smallest absolute Gasteiger partial charge is 0.205 e. The number of hydrogen-bond acceptors (Lipinski definition) is 6. The lowest BCUT2D eigenvalue weighted by Gasteiger charge is -2.20. The summed E-state index contributed by atoms with van der Waals surface area (Å²) >= 11 is -1.55.